The molecule has 2 aromatic carbocycles. The molecule has 0 saturated carbocycles. The van der Waals surface area contributed by atoms with Crippen LogP contribution in [0, 0.1) is 5.92 Å². The second-order valence-electron chi connectivity index (χ2n) is 17.5. The highest BCUT2D eigenvalue weighted by Crippen LogP contribution is 2.50. The van der Waals surface area contributed by atoms with E-state index < -0.39 is 68.8 Å². The van der Waals surface area contributed by atoms with Crippen LogP contribution in [0.5, 0.6) is 0 Å². The van der Waals surface area contributed by atoms with Crippen LogP contribution in [-0.4, -0.2) is 128 Å². The van der Waals surface area contributed by atoms with E-state index in [1.807, 2.05) is 68.5 Å². The third-order valence-electron chi connectivity index (χ3n) is 12.4. The second kappa shape index (κ2) is 18.2. The normalized spacial score (nSPS) is 22.5. The molecule has 5 N–H and O–H groups in total. The first kappa shape index (κ1) is 49.7. The monoisotopic (exact) mass is 984 g/mol. The molecule has 5 aliphatic rings. The molecule has 1 fully saturated rings. The number of carbonyl (C=O) groups is 1. The number of carboxylic acids is 1. The van der Waals surface area contributed by atoms with Gasteiger partial charge in [-0.2, -0.15) is 38.2 Å². The zero-order chi connectivity index (χ0) is 47.4. The first-order valence-electron chi connectivity index (χ1n) is 20.5. The Bertz CT molecular complexity index is 2860. The van der Waals surface area contributed by atoms with E-state index >= 15 is 0 Å². The van der Waals surface area contributed by atoms with Crippen molar-refractivity contribution in [2.24, 2.45) is 5.92 Å². The maximum absolute atomic E-state index is 12.2. The van der Waals surface area contributed by atoms with Crippen LogP contribution in [0.3, 0.4) is 0 Å². The highest BCUT2D eigenvalue weighted by atomic mass is 32.2. The number of fused-ring (bicyclic) bond motifs is 5. The maximum Gasteiger partial charge on any atom is 0.304 e. The summed E-state index contributed by atoms with van der Waals surface area (Å²) in [5.74, 6) is -1.81. The van der Waals surface area contributed by atoms with Crippen LogP contribution in [0.25, 0.3) is 0 Å². The molecule has 4 aliphatic heterocycles. The summed E-state index contributed by atoms with van der Waals surface area (Å²) in [5.41, 5.74) is 3.73. The minimum Gasteiger partial charge on any atom is -0.481 e. The molecule has 64 heavy (non-hydrogen) atoms. The smallest absolute Gasteiger partial charge is 0.304 e. The largest absolute Gasteiger partial charge is 0.481 e. The molecule has 7 rings (SSSR count). The molecule has 0 spiro atoms. The number of piperidine rings is 1. The number of likely N-dealkylation sites (N-methyl/N-ethyl adjacent to an activating group) is 1. The summed E-state index contributed by atoms with van der Waals surface area (Å²) in [6.45, 7) is 8.43. The number of carboxylic acid groups (broad SMARTS) is 1. The average molecular weight is 985 g/mol. The zero-order valence-electron chi connectivity index (χ0n) is 36.0. The van der Waals surface area contributed by atoms with Gasteiger partial charge in [-0.15, -0.1) is 11.8 Å². The highest BCUT2D eigenvalue weighted by Gasteiger charge is 2.46. The number of anilines is 1. The molecular formula is C42H54N3O14S5+. The molecule has 2 unspecified atom stereocenters. The van der Waals surface area contributed by atoms with Gasteiger partial charge >= 0.3 is 5.97 Å². The third kappa shape index (κ3) is 10.8. The van der Waals surface area contributed by atoms with Gasteiger partial charge in [0.15, 0.2) is 5.71 Å². The van der Waals surface area contributed by atoms with Crippen molar-refractivity contribution in [3.8, 4) is 0 Å². The quantitative estimate of drug-likeness (QED) is 0.0973. The first-order valence-corrected chi connectivity index (χ1v) is 27.6. The molecule has 2 bridgehead atoms. The summed E-state index contributed by atoms with van der Waals surface area (Å²) in [6, 6.07) is 8.30. The fourth-order valence-electron chi connectivity index (χ4n) is 9.36. The van der Waals surface area contributed by atoms with Gasteiger partial charge in [0.05, 0.1) is 33.1 Å². The molecule has 1 saturated heterocycles. The molecule has 1 aliphatic carbocycles. The van der Waals surface area contributed by atoms with E-state index in [4.69, 9.17) is 0 Å². The minimum atomic E-state index is -4.57. The number of hydrogen-bond acceptors (Lipinski definition) is 12. The Morgan fingerprint density at radius 1 is 0.812 bits per heavy atom. The Morgan fingerprint density at radius 2 is 1.42 bits per heavy atom. The van der Waals surface area contributed by atoms with Crippen molar-refractivity contribution in [2.75, 3.05) is 48.8 Å². The standard InChI is InChI=1S/C42H53N3O14S5/c1-41(2)32-24-28(63(54,55)56)9-14-35(32)44(19-6-22-61(48,49)50)37(41)16-11-30-27-8-13-34(43(5)26-27)31(40(30)60-21-18-39(46)47)12-17-38-42(3,4)33-25-29(64(57,58)59)10-15-36(33)45(38)20-7-23-62(51,52)53/h9-12,14-17,24-25,27,34H,6-8,13,18-23,26H2,1-5H3,(H4-,46,47,48,49,50,51,52,53,54,55,56,57,58,59)/p+1. The molecule has 0 radical (unpaired) electrons. The van der Waals surface area contributed by atoms with E-state index in [1.54, 1.807) is 12.1 Å². The Balaban J connectivity index is 1.53. The van der Waals surface area contributed by atoms with Crippen molar-refractivity contribution in [3.63, 3.8) is 0 Å². The predicted octanol–water partition coefficient (Wildman–Crippen LogP) is 5.46. The molecule has 350 valence electrons. The molecule has 2 atom stereocenters. The number of allylic oxidation sites excluding steroid dienone is 5. The van der Waals surface area contributed by atoms with Crippen LogP contribution in [0.1, 0.15) is 70.9 Å². The number of thioether (sulfide) groups is 1. The summed E-state index contributed by atoms with van der Waals surface area (Å²) in [4.78, 5) is 16.2. The van der Waals surface area contributed by atoms with Gasteiger partial charge in [0.25, 0.3) is 40.5 Å². The number of hydrogen-bond donors (Lipinski definition) is 5. The van der Waals surface area contributed by atoms with E-state index in [0.717, 1.165) is 28.9 Å². The molecule has 4 heterocycles. The molecule has 17 nitrogen and oxygen atoms in total. The summed E-state index contributed by atoms with van der Waals surface area (Å²) < 4.78 is 137. The van der Waals surface area contributed by atoms with Crippen molar-refractivity contribution in [3.05, 3.63) is 93.6 Å². The second-order valence-corrected chi connectivity index (χ2v) is 24.6. The summed E-state index contributed by atoms with van der Waals surface area (Å²) in [5, 5.41) is 9.71. The number of nitrogens with zero attached hydrogens (tertiary/aromatic N) is 3. The van der Waals surface area contributed by atoms with Gasteiger partial charge in [0.1, 0.15) is 6.54 Å². The van der Waals surface area contributed by atoms with Gasteiger partial charge < -0.3 is 10.0 Å². The predicted molar refractivity (Wildman–Crippen MR) is 244 cm³/mol. The lowest BCUT2D eigenvalue weighted by Gasteiger charge is -2.35. The van der Waals surface area contributed by atoms with Crippen molar-refractivity contribution in [1.82, 2.24) is 4.90 Å². The van der Waals surface area contributed by atoms with E-state index in [1.165, 1.54) is 36.0 Å². The van der Waals surface area contributed by atoms with E-state index in [0.29, 0.717) is 40.5 Å². The Kier molecular flexibility index (Phi) is 14.1. The van der Waals surface area contributed by atoms with Crippen LogP contribution in [0.4, 0.5) is 11.4 Å². The third-order valence-corrected chi connectivity index (χ3v) is 16.9. The summed E-state index contributed by atoms with van der Waals surface area (Å²) in [7, 11) is -15.7. The lowest BCUT2D eigenvalue weighted by atomic mass is 9.81. The molecular weight excluding hydrogens is 931 g/mol. The van der Waals surface area contributed by atoms with Gasteiger partial charge in [0, 0.05) is 70.7 Å². The van der Waals surface area contributed by atoms with Crippen molar-refractivity contribution >= 4 is 75.3 Å². The minimum absolute atomic E-state index is 0.0158. The molecule has 0 aromatic heterocycles. The summed E-state index contributed by atoms with van der Waals surface area (Å²) >= 11 is 1.40. The van der Waals surface area contributed by atoms with Crippen LogP contribution >= 0.6 is 11.8 Å². The van der Waals surface area contributed by atoms with Crippen LogP contribution < -0.4 is 4.90 Å². The SMILES string of the molecule is CN1CC2CCC1C(C=CC1=[N+](CCCS(=O)(=O)O)c3ccc(S(=O)(=O)O)cc3C1(C)C)=C(SCCC(=O)O)C2=CC=C1N(CCCS(=O)(=O)O)c2ccc(S(=O)(=O)O)cc2C1(C)C. The van der Waals surface area contributed by atoms with Crippen LogP contribution in [-0.2, 0) is 56.1 Å². The van der Waals surface area contributed by atoms with Gasteiger partial charge in [-0.05, 0) is 99.2 Å². The average Bonchev–Trinajstić information content (AvgIpc) is 3.38. The van der Waals surface area contributed by atoms with Gasteiger partial charge in [-0.3, -0.25) is 27.9 Å². The Hall–Kier alpha value is -3.71. The molecule has 0 amide bonds. The number of rotatable bonds is 17. The van der Waals surface area contributed by atoms with Crippen molar-refractivity contribution < 1.29 is 66.4 Å². The van der Waals surface area contributed by atoms with Crippen LogP contribution in [0.2, 0.25) is 0 Å². The zero-order valence-corrected chi connectivity index (χ0v) is 40.1. The van der Waals surface area contributed by atoms with E-state index in [2.05, 4.69) is 4.90 Å². The van der Waals surface area contributed by atoms with Crippen molar-refractivity contribution in [2.45, 2.75) is 86.5 Å². The number of benzene rings is 2. The van der Waals surface area contributed by atoms with Gasteiger partial charge in [0.2, 0.25) is 5.69 Å². The molecule has 2 aromatic rings. The van der Waals surface area contributed by atoms with Gasteiger partial charge in [-0.25, -0.2) is 0 Å². The Labute approximate surface area is 379 Å². The number of aliphatic carboxylic acids is 1. The molecule has 22 heteroatoms. The summed E-state index contributed by atoms with van der Waals surface area (Å²) in [6.07, 6.45) is 9.19. The lowest BCUT2D eigenvalue weighted by molar-refractivity contribution is -0.437. The van der Waals surface area contributed by atoms with E-state index in [9.17, 15) is 61.8 Å². The van der Waals surface area contributed by atoms with Gasteiger partial charge in [-0.1, -0.05) is 26.0 Å². The lowest BCUT2D eigenvalue weighted by Crippen LogP contribution is -2.39. The fraction of sp³-hybridized carbons (Fsp3) is 0.476. The highest BCUT2D eigenvalue weighted by molar-refractivity contribution is 8.03. The topological polar surface area (TPSA) is 264 Å². The van der Waals surface area contributed by atoms with Crippen LogP contribution in [0.15, 0.2) is 92.2 Å². The first-order chi connectivity index (χ1) is 29.5. The maximum atomic E-state index is 12.2. The van der Waals surface area contributed by atoms with Crippen molar-refractivity contribution in [1.29, 1.82) is 0 Å². The Morgan fingerprint density at radius 3 is 2.02 bits per heavy atom. The van der Waals surface area contributed by atoms with E-state index in [-0.39, 0.29) is 59.9 Å². The fourth-order valence-corrected chi connectivity index (χ4v) is 12.6.